The molecule has 0 bridgehead atoms. The van der Waals surface area contributed by atoms with Crippen LogP contribution in [0.5, 0.6) is 0 Å². The molecule has 0 atom stereocenters. The van der Waals surface area contributed by atoms with E-state index in [1.807, 2.05) is 73.1 Å². The molecule has 0 saturated heterocycles. The van der Waals surface area contributed by atoms with Gasteiger partial charge in [0.2, 0.25) is 11.8 Å². The molecule has 0 N–H and O–H groups in total. The van der Waals surface area contributed by atoms with Crippen molar-refractivity contribution in [1.82, 2.24) is 19.9 Å². The minimum absolute atomic E-state index is 0.519. The van der Waals surface area contributed by atoms with Crippen molar-refractivity contribution in [1.29, 1.82) is 0 Å². The van der Waals surface area contributed by atoms with Crippen molar-refractivity contribution in [3.05, 3.63) is 200 Å². The van der Waals surface area contributed by atoms with Gasteiger partial charge in [0.25, 0.3) is 0 Å². The number of anilines is 3. The molecule has 4 heterocycles. The maximum Gasteiger partial charge on any atom is 0.229 e. The number of benzene rings is 9. The van der Waals surface area contributed by atoms with E-state index in [1.165, 1.54) is 32.7 Å². The minimum atomic E-state index is 0.519. The molecule has 0 amide bonds. The first-order valence-electron chi connectivity index (χ1n) is 20.9. The Kier molecular flexibility index (Phi) is 7.77. The first kappa shape index (κ1) is 35.1. The van der Waals surface area contributed by atoms with Crippen LogP contribution in [0.15, 0.2) is 209 Å². The number of aromatic nitrogens is 4. The van der Waals surface area contributed by atoms with Gasteiger partial charge in [0.1, 0.15) is 0 Å². The first-order valence-corrected chi connectivity index (χ1v) is 20.9. The van der Waals surface area contributed by atoms with Crippen molar-refractivity contribution in [2.24, 2.45) is 0 Å². The topological polar surface area (TPSA) is 81.1 Å². The van der Waals surface area contributed by atoms with Gasteiger partial charge in [-0.1, -0.05) is 140 Å². The summed E-state index contributed by atoms with van der Waals surface area (Å²) in [6.45, 7) is 0. The van der Waals surface area contributed by atoms with Gasteiger partial charge in [0.05, 0.1) is 23.8 Å². The van der Waals surface area contributed by atoms with E-state index in [9.17, 15) is 0 Å². The van der Waals surface area contributed by atoms with Gasteiger partial charge in [-0.25, -0.2) is 9.97 Å². The SMILES string of the molecule is c1ccc2cc(-c3ccc4c(ccc5cc(N(c6cnc7nc(-c8cccc9ccccc89)oc7c6)c6cnc7nc(-c8cccc9ccccc89)oc7c6)ccc54)c3)ccc2c1. The molecule has 13 rings (SSSR count). The van der Waals surface area contributed by atoms with Crippen LogP contribution in [0.4, 0.5) is 17.1 Å². The normalized spacial score (nSPS) is 11.8. The number of rotatable bonds is 6. The van der Waals surface area contributed by atoms with Crippen LogP contribution in [0.2, 0.25) is 0 Å². The molecular formula is C56H33N5O2. The summed E-state index contributed by atoms with van der Waals surface area (Å²) in [7, 11) is 0. The fourth-order valence-electron chi connectivity index (χ4n) is 9.11. The molecular weight excluding hydrogens is 775 g/mol. The van der Waals surface area contributed by atoms with Crippen LogP contribution < -0.4 is 4.90 Å². The van der Waals surface area contributed by atoms with E-state index >= 15 is 0 Å². The van der Waals surface area contributed by atoms with Gasteiger partial charge in [0.15, 0.2) is 22.5 Å². The third-order valence-electron chi connectivity index (χ3n) is 12.2. The van der Waals surface area contributed by atoms with E-state index < -0.39 is 0 Å². The number of pyridine rings is 2. The van der Waals surface area contributed by atoms with Crippen molar-refractivity contribution in [2.75, 3.05) is 4.90 Å². The van der Waals surface area contributed by atoms with E-state index in [2.05, 4.69) is 132 Å². The van der Waals surface area contributed by atoms with Crippen LogP contribution in [0, 0.1) is 0 Å². The maximum absolute atomic E-state index is 6.52. The number of hydrogen-bond donors (Lipinski definition) is 0. The molecule has 7 nitrogen and oxygen atoms in total. The highest BCUT2D eigenvalue weighted by molar-refractivity contribution is 6.10. The van der Waals surface area contributed by atoms with E-state index in [4.69, 9.17) is 28.8 Å². The highest BCUT2D eigenvalue weighted by Gasteiger charge is 2.21. The maximum atomic E-state index is 6.52. The van der Waals surface area contributed by atoms with E-state index in [0.29, 0.717) is 34.2 Å². The summed E-state index contributed by atoms with van der Waals surface area (Å²) < 4.78 is 13.0. The average molecular weight is 808 g/mol. The number of oxazole rings is 2. The summed E-state index contributed by atoms with van der Waals surface area (Å²) in [6.07, 6.45) is 3.67. The van der Waals surface area contributed by atoms with Crippen molar-refractivity contribution >= 4 is 93.4 Å². The minimum Gasteiger partial charge on any atom is -0.434 e. The van der Waals surface area contributed by atoms with Crippen LogP contribution >= 0.6 is 0 Å². The predicted molar refractivity (Wildman–Crippen MR) is 256 cm³/mol. The lowest BCUT2D eigenvalue weighted by molar-refractivity contribution is 0.620. The van der Waals surface area contributed by atoms with Gasteiger partial charge >= 0.3 is 0 Å². The lowest BCUT2D eigenvalue weighted by Gasteiger charge is -2.25. The van der Waals surface area contributed by atoms with Gasteiger partial charge in [0, 0.05) is 28.9 Å². The quantitative estimate of drug-likeness (QED) is 0.155. The third kappa shape index (κ3) is 5.90. The zero-order valence-electron chi connectivity index (χ0n) is 33.6. The third-order valence-corrected chi connectivity index (χ3v) is 12.2. The Morgan fingerprint density at radius 1 is 0.333 bits per heavy atom. The Morgan fingerprint density at radius 2 is 0.810 bits per heavy atom. The molecule has 63 heavy (non-hydrogen) atoms. The van der Waals surface area contributed by atoms with Crippen molar-refractivity contribution in [3.8, 4) is 34.0 Å². The van der Waals surface area contributed by atoms with Crippen LogP contribution in [-0.4, -0.2) is 19.9 Å². The summed E-state index contributed by atoms with van der Waals surface area (Å²) in [6, 6.07) is 65.7. The highest BCUT2D eigenvalue weighted by atomic mass is 16.4. The van der Waals surface area contributed by atoms with Crippen LogP contribution in [-0.2, 0) is 0 Å². The lowest BCUT2D eigenvalue weighted by Crippen LogP contribution is -2.10. The fourth-order valence-corrected chi connectivity index (χ4v) is 9.11. The van der Waals surface area contributed by atoms with Gasteiger partial charge in [-0.3, -0.25) is 0 Å². The lowest BCUT2D eigenvalue weighted by atomic mass is 9.96. The average Bonchev–Trinajstić information content (AvgIpc) is 3.97. The monoisotopic (exact) mass is 807 g/mol. The Hall–Kier alpha value is -8.68. The predicted octanol–water partition coefficient (Wildman–Crippen LogP) is 15.0. The molecule has 0 aliphatic heterocycles. The van der Waals surface area contributed by atoms with Crippen molar-refractivity contribution in [3.63, 3.8) is 0 Å². The number of fused-ring (bicyclic) bond motifs is 8. The molecule has 9 aromatic carbocycles. The Balaban J connectivity index is 0.939. The van der Waals surface area contributed by atoms with E-state index in [0.717, 1.165) is 60.5 Å². The smallest absolute Gasteiger partial charge is 0.229 e. The zero-order valence-corrected chi connectivity index (χ0v) is 33.6. The largest absolute Gasteiger partial charge is 0.434 e. The zero-order chi connectivity index (χ0) is 41.4. The second kappa shape index (κ2) is 13.9. The van der Waals surface area contributed by atoms with Gasteiger partial charge in [-0.05, 0) is 101 Å². The molecule has 4 aromatic heterocycles. The molecule has 0 fully saturated rings. The summed E-state index contributed by atoms with van der Waals surface area (Å²) in [4.78, 5) is 21.6. The number of hydrogen-bond acceptors (Lipinski definition) is 7. The molecule has 0 aliphatic carbocycles. The second-order valence-electron chi connectivity index (χ2n) is 15.9. The van der Waals surface area contributed by atoms with Gasteiger partial charge in [-0.15, -0.1) is 0 Å². The van der Waals surface area contributed by atoms with E-state index in [1.54, 1.807) is 0 Å². The van der Waals surface area contributed by atoms with Crippen molar-refractivity contribution < 1.29 is 8.83 Å². The standard InChI is InChI=1S/C56H33N5O2/c1-2-12-37-27-38(20-19-34(37)9-1)39-23-25-47-40(28-39)21-22-41-29-42(24-26-48(41)47)61(43-30-51-53(57-32-43)59-55(62-51)49-17-7-13-35-10-3-5-15-45(35)49)44-31-52-54(58-33-44)60-56(63-52)50-18-8-14-36-11-4-6-16-46(36)50/h1-33H. The molecule has 294 valence electrons. The molecule has 0 aliphatic rings. The summed E-state index contributed by atoms with van der Waals surface area (Å²) in [5.74, 6) is 1.04. The molecule has 0 unspecified atom stereocenters. The Bertz CT molecular complexity index is 3790. The van der Waals surface area contributed by atoms with Crippen LogP contribution in [0.3, 0.4) is 0 Å². The first-order chi connectivity index (χ1) is 31.2. The molecule has 0 radical (unpaired) electrons. The Labute approximate surface area is 360 Å². The molecule has 0 spiro atoms. The summed E-state index contributed by atoms with van der Waals surface area (Å²) in [5.41, 5.74) is 8.88. The Morgan fingerprint density at radius 3 is 1.43 bits per heavy atom. The number of nitrogens with zero attached hydrogens (tertiary/aromatic N) is 5. The second-order valence-corrected chi connectivity index (χ2v) is 15.9. The molecule has 7 heteroatoms. The van der Waals surface area contributed by atoms with Crippen molar-refractivity contribution in [2.45, 2.75) is 0 Å². The molecule has 0 saturated carbocycles. The molecule has 13 aromatic rings. The van der Waals surface area contributed by atoms with Crippen LogP contribution in [0.25, 0.3) is 110 Å². The summed E-state index contributed by atoms with van der Waals surface area (Å²) in [5, 5.41) is 11.5. The fraction of sp³-hybridized carbons (Fsp3) is 0. The van der Waals surface area contributed by atoms with Crippen LogP contribution in [0.1, 0.15) is 0 Å². The van der Waals surface area contributed by atoms with Gasteiger partial charge in [-0.2, -0.15) is 9.97 Å². The van der Waals surface area contributed by atoms with Gasteiger partial charge < -0.3 is 13.7 Å². The highest BCUT2D eigenvalue weighted by Crippen LogP contribution is 2.41. The van der Waals surface area contributed by atoms with E-state index in [-0.39, 0.29) is 0 Å². The summed E-state index contributed by atoms with van der Waals surface area (Å²) >= 11 is 0.